The van der Waals surface area contributed by atoms with Crippen molar-refractivity contribution >= 4 is 28.2 Å². The third kappa shape index (κ3) is 8.35. The summed E-state index contributed by atoms with van der Waals surface area (Å²) in [5.41, 5.74) is 0. The first-order valence-electron chi connectivity index (χ1n) is 8.58. The molecule has 1 aliphatic rings. The second-order valence-electron chi connectivity index (χ2n) is 6.14. The van der Waals surface area contributed by atoms with E-state index in [0.717, 1.165) is 32.7 Å². The van der Waals surface area contributed by atoms with Crippen molar-refractivity contribution < 1.29 is 17.9 Å². The molecule has 0 aliphatic carbocycles. The second kappa shape index (κ2) is 11.4. The molecule has 1 amide bonds. The van der Waals surface area contributed by atoms with Crippen molar-refractivity contribution in [2.45, 2.75) is 17.7 Å². The molecule has 148 valence electrons. The highest BCUT2D eigenvalue weighted by molar-refractivity contribution is 7.90. The minimum Gasteiger partial charge on any atom is -0.494 e. The number of nitrogens with one attached hydrogen (secondary N) is 2. The zero-order valence-corrected chi connectivity index (χ0v) is 16.7. The van der Waals surface area contributed by atoms with Crippen molar-refractivity contribution in [2.24, 2.45) is 0 Å². The zero-order chi connectivity index (χ0) is 18.1. The number of piperazine rings is 1. The second-order valence-corrected chi connectivity index (χ2v) is 8.15. The van der Waals surface area contributed by atoms with E-state index in [2.05, 4.69) is 15.5 Å². The van der Waals surface area contributed by atoms with E-state index in [1.165, 1.54) is 18.4 Å². The molecular weight excluding hydrogens is 378 g/mol. The molecule has 0 aromatic heterocycles. The number of halogens is 1. The van der Waals surface area contributed by atoms with E-state index >= 15 is 0 Å². The van der Waals surface area contributed by atoms with E-state index in [-0.39, 0.29) is 23.2 Å². The minimum atomic E-state index is -3.19. The Balaban J connectivity index is 0.00000338. The molecule has 2 N–H and O–H groups in total. The normalized spacial score (nSPS) is 15.1. The Morgan fingerprint density at radius 2 is 1.88 bits per heavy atom. The smallest absolute Gasteiger partial charge is 0.220 e. The molecule has 0 unspecified atom stereocenters. The maximum absolute atomic E-state index is 11.8. The van der Waals surface area contributed by atoms with E-state index in [4.69, 9.17) is 4.74 Å². The average molecular weight is 406 g/mol. The highest BCUT2D eigenvalue weighted by atomic mass is 35.5. The Morgan fingerprint density at radius 1 is 1.23 bits per heavy atom. The first-order chi connectivity index (χ1) is 11.9. The van der Waals surface area contributed by atoms with E-state index in [9.17, 15) is 13.2 Å². The largest absolute Gasteiger partial charge is 0.494 e. The number of hydrogen-bond donors (Lipinski definition) is 2. The van der Waals surface area contributed by atoms with Gasteiger partial charge < -0.3 is 15.4 Å². The molecule has 0 radical (unpaired) electrons. The molecule has 1 aliphatic heterocycles. The van der Waals surface area contributed by atoms with Gasteiger partial charge in [0, 0.05) is 51.9 Å². The van der Waals surface area contributed by atoms with Gasteiger partial charge in [0.2, 0.25) is 5.91 Å². The Morgan fingerprint density at radius 3 is 2.50 bits per heavy atom. The number of rotatable bonds is 9. The van der Waals surface area contributed by atoms with Crippen LogP contribution in [0.3, 0.4) is 0 Å². The summed E-state index contributed by atoms with van der Waals surface area (Å²) in [6.45, 7) is 6.06. The van der Waals surface area contributed by atoms with E-state index in [0.29, 0.717) is 31.7 Å². The van der Waals surface area contributed by atoms with Crippen LogP contribution in [-0.2, 0) is 14.6 Å². The summed E-state index contributed by atoms with van der Waals surface area (Å²) in [5.74, 6) is 0.637. The molecule has 1 fully saturated rings. The summed E-state index contributed by atoms with van der Waals surface area (Å²) in [5, 5.41) is 6.23. The fourth-order valence-corrected chi connectivity index (χ4v) is 3.21. The van der Waals surface area contributed by atoms with Crippen molar-refractivity contribution in [2.75, 3.05) is 52.1 Å². The van der Waals surface area contributed by atoms with Gasteiger partial charge in [-0.25, -0.2) is 8.42 Å². The van der Waals surface area contributed by atoms with Gasteiger partial charge in [-0.05, 0) is 30.7 Å². The Hall–Kier alpha value is -1.35. The third-order valence-electron chi connectivity index (χ3n) is 4.03. The van der Waals surface area contributed by atoms with Crippen molar-refractivity contribution in [1.29, 1.82) is 0 Å². The van der Waals surface area contributed by atoms with Crippen molar-refractivity contribution in [1.82, 2.24) is 15.5 Å². The molecule has 1 heterocycles. The van der Waals surface area contributed by atoms with Gasteiger partial charge in [0.05, 0.1) is 11.5 Å². The van der Waals surface area contributed by atoms with Gasteiger partial charge in [0.25, 0.3) is 0 Å². The predicted octanol–water partition coefficient (Wildman–Crippen LogP) is 0.692. The molecule has 26 heavy (non-hydrogen) atoms. The summed E-state index contributed by atoms with van der Waals surface area (Å²) >= 11 is 0. The molecule has 9 heteroatoms. The fraction of sp³-hybridized carbons (Fsp3) is 0.588. The van der Waals surface area contributed by atoms with Gasteiger partial charge >= 0.3 is 0 Å². The van der Waals surface area contributed by atoms with Crippen molar-refractivity contribution in [3.8, 4) is 5.75 Å². The van der Waals surface area contributed by atoms with Gasteiger partial charge in [-0.3, -0.25) is 9.69 Å². The van der Waals surface area contributed by atoms with E-state index in [1.54, 1.807) is 12.1 Å². The number of amides is 1. The number of nitrogens with zero attached hydrogens (tertiary/aromatic N) is 1. The number of ether oxygens (including phenoxy) is 1. The summed E-state index contributed by atoms with van der Waals surface area (Å²) in [4.78, 5) is 14.4. The third-order valence-corrected chi connectivity index (χ3v) is 5.16. The highest BCUT2D eigenvalue weighted by Crippen LogP contribution is 2.16. The summed E-state index contributed by atoms with van der Waals surface area (Å²) in [7, 11) is -3.19. The van der Waals surface area contributed by atoms with Crippen LogP contribution in [-0.4, -0.2) is 71.4 Å². The quantitative estimate of drug-likeness (QED) is 0.588. The molecule has 0 atom stereocenters. The molecule has 0 saturated carbocycles. The van der Waals surface area contributed by atoms with Crippen LogP contribution < -0.4 is 15.4 Å². The molecule has 1 saturated heterocycles. The summed E-state index contributed by atoms with van der Waals surface area (Å²) < 4.78 is 28.3. The van der Waals surface area contributed by atoms with Crippen LogP contribution in [0.15, 0.2) is 29.2 Å². The molecule has 0 bridgehead atoms. The van der Waals surface area contributed by atoms with Gasteiger partial charge in [-0.2, -0.15) is 0 Å². The molecule has 1 aromatic carbocycles. The standard InChI is InChI=1S/C17H27N3O4S.ClH/c1-25(22,23)16-6-4-15(5-7-16)24-14-2-3-17(21)19-10-13-20-11-8-18-9-12-20;/h4-7,18H,2-3,8-14H2,1H3,(H,19,21);1H. The maximum Gasteiger partial charge on any atom is 0.220 e. The first kappa shape index (κ1) is 22.7. The fourth-order valence-electron chi connectivity index (χ4n) is 2.58. The van der Waals surface area contributed by atoms with Gasteiger partial charge in [-0.1, -0.05) is 0 Å². The lowest BCUT2D eigenvalue weighted by Crippen LogP contribution is -2.46. The van der Waals surface area contributed by atoms with Crippen LogP contribution >= 0.6 is 12.4 Å². The number of carbonyl (C=O) groups excluding carboxylic acids is 1. The number of hydrogen-bond acceptors (Lipinski definition) is 6. The van der Waals surface area contributed by atoms with E-state index in [1.807, 2.05) is 0 Å². The van der Waals surface area contributed by atoms with Gasteiger partial charge in [0.1, 0.15) is 5.75 Å². The lowest BCUT2D eigenvalue weighted by Gasteiger charge is -2.27. The average Bonchev–Trinajstić information content (AvgIpc) is 2.59. The molecular formula is C17H28ClN3O4S. The zero-order valence-electron chi connectivity index (χ0n) is 15.1. The van der Waals surface area contributed by atoms with Crippen molar-refractivity contribution in [3.63, 3.8) is 0 Å². The summed E-state index contributed by atoms with van der Waals surface area (Å²) in [6, 6.07) is 6.30. The Bertz CT molecular complexity index is 646. The van der Waals surface area contributed by atoms with Crippen LogP contribution in [0.4, 0.5) is 0 Å². The Labute approximate surface area is 161 Å². The van der Waals surface area contributed by atoms with Crippen LogP contribution in [0.2, 0.25) is 0 Å². The number of carbonyl (C=O) groups is 1. The Kier molecular flexibility index (Phi) is 9.93. The minimum absolute atomic E-state index is 0. The predicted molar refractivity (Wildman–Crippen MR) is 104 cm³/mol. The molecule has 1 aromatic rings. The topological polar surface area (TPSA) is 87.7 Å². The highest BCUT2D eigenvalue weighted by Gasteiger charge is 2.09. The molecule has 7 nitrogen and oxygen atoms in total. The summed E-state index contributed by atoms with van der Waals surface area (Å²) in [6.07, 6.45) is 2.21. The lowest BCUT2D eigenvalue weighted by atomic mass is 10.3. The van der Waals surface area contributed by atoms with Gasteiger partial charge in [-0.15, -0.1) is 12.4 Å². The van der Waals surface area contributed by atoms with Crippen LogP contribution in [0.25, 0.3) is 0 Å². The van der Waals surface area contributed by atoms with Crippen LogP contribution in [0.5, 0.6) is 5.75 Å². The van der Waals surface area contributed by atoms with E-state index < -0.39 is 9.84 Å². The van der Waals surface area contributed by atoms with Crippen LogP contribution in [0, 0.1) is 0 Å². The first-order valence-corrected chi connectivity index (χ1v) is 10.5. The van der Waals surface area contributed by atoms with Crippen molar-refractivity contribution in [3.05, 3.63) is 24.3 Å². The monoisotopic (exact) mass is 405 g/mol. The lowest BCUT2D eigenvalue weighted by molar-refractivity contribution is -0.121. The number of benzene rings is 1. The number of sulfone groups is 1. The molecule has 2 rings (SSSR count). The van der Waals surface area contributed by atoms with Gasteiger partial charge in [0.15, 0.2) is 9.84 Å². The SMILES string of the molecule is CS(=O)(=O)c1ccc(OCCCC(=O)NCCN2CCNCC2)cc1.Cl. The maximum atomic E-state index is 11.8. The molecule has 0 spiro atoms. The van der Waals surface area contributed by atoms with Crippen LogP contribution in [0.1, 0.15) is 12.8 Å².